The minimum Gasteiger partial charge on any atom is -0.494 e. The normalized spacial score (nSPS) is 20.6. The average molecular weight is 276 g/mol. The Balaban J connectivity index is 1.65. The van der Waals surface area contributed by atoms with Crippen LogP contribution in [0.2, 0.25) is 0 Å². The van der Waals surface area contributed by atoms with E-state index in [0.717, 1.165) is 36.8 Å². The molecule has 0 aliphatic carbocycles. The highest BCUT2D eigenvalue weighted by Gasteiger charge is 2.12. The number of hydrogen-bond acceptors (Lipinski definition) is 3. The Morgan fingerprint density at radius 3 is 3.05 bits per heavy atom. The minimum absolute atomic E-state index is 0.573. The van der Waals surface area contributed by atoms with Crippen molar-refractivity contribution in [3.8, 4) is 5.75 Å². The molecule has 3 nitrogen and oxygen atoms in total. The van der Waals surface area contributed by atoms with Crippen LogP contribution in [0.25, 0.3) is 0 Å². The summed E-state index contributed by atoms with van der Waals surface area (Å²) in [6, 6.07) is 8.08. The molecule has 0 bridgehead atoms. The maximum Gasteiger partial charge on any atom is 0.119 e. The molecular formula is C17H28N2O. The molecule has 0 saturated carbocycles. The molecule has 1 aromatic carbocycles. The summed E-state index contributed by atoms with van der Waals surface area (Å²) in [6.07, 6.45) is 5.18. The summed E-state index contributed by atoms with van der Waals surface area (Å²) in [6.45, 7) is 7.40. The van der Waals surface area contributed by atoms with Crippen molar-refractivity contribution in [3.63, 3.8) is 0 Å². The average Bonchev–Trinajstić information content (AvgIpc) is 2.68. The molecule has 2 rings (SSSR count). The first-order valence-corrected chi connectivity index (χ1v) is 7.92. The van der Waals surface area contributed by atoms with Gasteiger partial charge in [0.1, 0.15) is 5.75 Å². The van der Waals surface area contributed by atoms with Crippen LogP contribution in [0.15, 0.2) is 24.3 Å². The fraction of sp³-hybridized carbons (Fsp3) is 0.647. The third kappa shape index (κ3) is 5.14. The van der Waals surface area contributed by atoms with Gasteiger partial charge in [-0.05, 0) is 62.4 Å². The SMILES string of the molecule is CC1CCCN(CCCOc2cccc(CN)c2)CC1. The zero-order valence-electron chi connectivity index (χ0n) is 12.7. The van der Waals surface area contributed by atoms with Gasteiger partial charge >= 0.3 is 0 Å². The molecule has 1 aromatic rings. The fourth-order valence-electron chi connectivity index (χ4n) is 2.79. The number of ether oxygens (including phenoxy) is 1. The summed E-state index contributed by atoms with van der Waals surface area (Å²) in [5.41, 5.74) is 6.76. The van der Waals surface area contributed by atoms with E-state index in [1.807, 2.05) is 24.3 Å². The summed E-state index contributed by atoms with van der Waals surface area (Å²) in [4.78, 5) is 2.59. The standard InChI is InChI=1S/C17H28N2O/c1-15-5-3-9-19(11-8-15)10-4-12-20-17-7-2-6-16(13-17)14-18/h2,6-7,13,15H,3-5,8-12,14,18H2,1H3. The van der Waals surface area contributed by atoms with Crippen LogP contribution in [0.1, 0.15) is 38.2 Å². The second-order valence-electron chi connectivity index (χ2n) is 5.93. The Labute approximate surface area is 123 Å². The predicted molar refractivity (Wildman–Crippen MR) is 83.9 cm³/mol. The third-order valence-electron chi connectivity index (χ3n) is 4.13. The third-order valence-corrected chi connectivity index (χ3v) is 4.13. The monoisotopic (exact) mass is 276 g/mol. The molecule has 1 aliphatic heterocycles. The molecule has 112 valence electrons. The van der Waals surface area contributed by atoms with E-state index in [1.165, 1.54) is 32.4 Å². The van der Waals surface area contributed by atoms with Crippen LogP contribution in [-0.4, -0.2) is 31.1 Å². The summed E-state index contributed by atoms with van der Waals surface area (Å²) in [7, 11) is 0. The number of benzene rings is 1. The topological polar surface area (TPSA) is 38.5 Å². The van der Waals surface area contributed by atoms with Crippen molar-refractivity contribution in [2.45, 2.75) is 39.2 Å². The summed E-state index contributed by atoms with van der Waals surface area (Å²) < 4.78 is 5.81. The summed E-state index contributed by atoms with van der Waals surface area (Å²) in [5, 5.41) is 0. The molecule has 1 atom stereocenters. The Morgan fingerprint density at radius 1 is 1.30 bits per heavy atom. The molecule has 1 fully saturated rings. The van der Waals surface area contributed by atoms with Gasteiger partial charge in [0.05, 0.1) is 6.61 Å². The van der Waals surface area contributed by atoms with Gasteiger partial charge in [-0.1, -0.05) is 19.1 Å². The minimum atomic E-state index is 0.573. The Kier molecular flexibility index (Phi) is 6.34. The Morgan fingerprint density at radius 2 is 2.20 bits per heavy atom. The van der Waals surface area contributed by atoms with E-state index in [-0.39, 0.29) is 0 Å². The van der Waals surface area contributed by atoms with Gasteiger partial charge in [0.15, 0.2) is 0 Å². The van der Waals surface area contributed by atoms with Gasteiger partial charge in [0, 0.05) is 13.1 Å². The highest BCUT2D eigenvalue weighted by molar-refractivity contribution is 5.28. The first-order chi connectivity index (χ1) is 9.78. The van der Waals surface area contributed by atoms with Crippen molar-refractivity contribution in [2.24, 2.45) is 11.7 Å². The molecule has 1 heterocycles. The van der Waals surface area contributed by atoms with Gasteiger partial charge in [0.2, 0.25) is 0 Å². The van der Waals surface area contributed by atoms with Crippen LogP contribution >= 0.6 is 0 Å². The van der Waals surface area contributed by atoms with Gasteiger partial charge < -0.3 is 15.4 Å². The summed E-state index contributed by atoms with van der Waals surface area (Å²) in [5.74, 6) is 1.84. The maximum atomic E-state index is 5.81. The van der Waals surface area contributed by atoms with Gasteiger partial charge in [-0.3, -0.25) is 0 Å². The quantitative estimate of drug-likeness (QED) is 0.812. The van der Waals surface area contributed by atoms with Crippen LogP contribution in [-0.2, 0) is 6.54 Å². The Hall–Kier alpha value is -1.06. The molecule has 0 radical (unpaired) electrons. The molecule has 0 amide bonds. The van der Waals surface area contributed by atoms with E-state index in [4.69, 9.17) is 10.5 Å². The summed E-state index contributed by atoms with van der Waals surface area (Å²) >= 11 is 0. The lowest BCUT2D eigenvalue weighted by molar-refractivity contribution is 0.238. The van der Waals surface area contributed by atoms with Crippen LogP contribution in [0.3, 0.4) is 0 Å². The lowest BCUT2D eigenvalue weighted by atomic mass is 10.0. The van der Waals surface area contributed by atoms with Crippen molar-refractivity contribution in [1.29, 1.82) is 0 Å². The maximum absolute atomic E-state index is 5.81. The molecule has 0 spiro atoms. The smallest absolute Gasteiger partial charge is 0.119 e. The molecule has 0 aromatic heterocycles. The van der Waals surface area contributed by atoms with E-state index < -0.39 is 0 Å². The van der Waals surface area contributed by atoms with Gasteiger partial charge in [0.25, 0.3) is 0 Å². The molecule has 20 heavy (non-hydrogen) atoms. The highest BCUT2D eigenvalue weighted by Crippen LogP contribution is 2.17. The molecule has 1 unspecified atom stereocenters. The number of hydrogen-bond donors (Lipinski definition) is 1. The van der Waals surface area contributed by atoms with Crippen LogP contribution < -0.4 is 10.5 Å². The van der Waals surface area contributed by atoms with E-state index in [0.29, 0.717) is 6.54 Å². The van der Waals surface area contributed by atoms with E-state index in [9.17, 15) is 0 Å². The molecule has 1 saturated heterocycles. The van der Waals surface area contributed by atoms with Crippen LogP contribution in [0.4, 0.5) is 0 Å². The van der Waals surface area contributed by atoms with Crippen molar-refractivity contribution >= 4 is 0 Å². The lowest BCUT2D eigenvalue weighted by Crippen LogP contribution is -2.27. The zero-order chi connectivity index (χ0) is 14.2. The van der Waals surface area contributed by atoms with Crippen molar-refractivity contribution in [2.75, 3.05) is 26.2 Å². The van der Waals surface area contributed by atoms with E-state index in [2.05, 4.69) is 11.8 Å². The number of nitrogens with two attached hydrogens (primary N) is 1. The Bertz CT molecular complexity index is 394. The molecule has 1 aliphatic rings. The number of likely N-dealkylation sites (tertiary alicyclic amines) is 1. The van der Waals surface area contributed by atoms with E-state index >= 15 is 0 Å². The predicted octanol–water partition coefficient (Wildman–Crippen LogP) is 3.04. The first kappa shape index (κ1) is 15.3. The molecule has 3 heteroatoms. The number of nitrogens with zero attached hydrogens (tertiary/aromatic N) is 1. The second-order valence-corrected chi connectivity index (χ2v) is 5.93. The fourth-order valence-corrected chi connectivity index (χ4v) is 2.79. The van der Waals surface area contributed by atoms with Crippen molar-refractivity contribution in [1.82, 2.24) is 4.90 Å². The molecular weight excluding hydrogens is 248 g/mol. The van der Waals surface area contributed by atoms with Crippen LogP contribution in [0, 0.1) is 5.92 Å². The van der Waals surface area contributed by atoms with Crippen LogP contribution in [0.5, 0.6) is 5.75 Å². The zero-order valence-corrected chi connectivity index (χ0v) is 12.7. The van der Waals surface area contributed by atoms with Gasteiger partial charge in [-0.15, -0.1) is 0 Å². The number of rotatable bonds is 6. The lowest BCUT2D eigenvalue weighted by Gasteiger charge is -2.19. The highest BCUT2D eigenvalue weighted by atomic mass is 16.5. The second kappa shape index (κ2) is 8.28. The van der Waals surface area contributed by atoms with Gasteiger partial charge in [-0.25, -0.2) is 0 Å². The van der Waals surface area contributed by atoms with Crippen molar-refractivity contribution < 1.29 is 4.74 Å². The molecule has 2 N–H and O–H groups in total. The van der Waals surface area contributed by atoms with Crippen molar-refractivity contribution in [3.05, 3.63) is 29.8 Å². The first-order valence-electron chi connectivity index (χ1n) is 7.92. The van der Waals surface area contributed by atoms with Gasteiger partial charge in [-0.2, -0.15) is 0 Å². The largest absolute Gasteiger partial charge is 0.494 e. The van der Waals surface area contributed by atoms with E-state index in [1.54, 1.807) is 0 Å².